The molecule has 5 nitrogen and oxygen atoms in total. The number of hydrogen-bond donors (Lipinski definition) is 3. The summed E-state index contributed by atoms with van der Waals surface area (Å²) in [5.74, 6) is -1.08. The third-order valence-electron chi connectivity index (χ3n) is 0.856. The normalized spacial score (nSPS) is 16.3. The molecule has 0 aromatic rings. The topological polar surface area (TPSA) is 98.6 Å². The minimum absolute atomic E-state index is 0.0486. The maximum absolute atomic E-state index is 10.1. The van der Waals surface area contributed by atoms with Crippen molar-refractivity contribution in [2.75, 3.05) is 6.61 Å². The zero-order valence-corrected chi connectivity index (χ0v) is 5.78. The van der Waals surface area contributed by atoms with Crippen molar-refractivity contribution in [2.45, 2.75) is 19.2 Å². The van der Waals surface area contributed by atoms with Gasteiger partial charge < -0.3 is 21.3 Å². The Kier molecular flexibility index (Phi) is 3.94. The van der Waals surface area contributed by atoms with Crippen molar-refractivity contribution in [3.63, 3.8) is 0 Å². The molecule has 0 saturated carbocycles. The van der Waals surface area contributed by atoms with Crippen LogP contribution in [0, 0.1) is 0 Å². The Hall–Kier alpha value is -0.650. The zero-order chi connectivity index (χ0) is 8.15. The van der Waals surface area contributed by atoms with E-state index in [1.165, 1.54) is 0 Å². The second-order valence-corrected chi connectivity index (χ2v) is 1.98. The van der Waals surface area contributed by atoms with Crippen LogP contribution in [0.4, 0.5) is 0 Å². The van der Waals surface area contributed by atoms with E-state index < -0.39 is 18.2 Å². The molecule has 0 aliphatic carbocycles. The van der Waals surface area contributed by atoms with Gasteiger partial charge in [-0.1, -0.05) is 0 Å². The van der Waals surface area contributed by atoms with Crippen LogP contribution in [0.25, 0.3) is 0 Å². The Morgan fingerprint density at radius 1 is 1.70 bits per heavy atom. The number of carboxylic acid groups (broad SMARTS) is 1. The van der Waals surface area contributed by atoms with Crippen LogP contribution in [0.3, 0.4) is 0 Å². The van der Waals surface area contributed by atoms with E-state index in [4.69, 9.17) is 21.3 Å². The molecule has 2 atom stereocenters. The van der Waals surface area contributed by atoms with Gasteiger partial charge in [-0.05, 0) is 6.92 Å². The van der Waals surface area contributed by atoms with Crippen LogP contribution < -0.4 is 11.5 Å². The molecule has 0 aromatic carbocycles. The van der Waals surface area contributed by atoms with Gasteiger partial charge in [0.25, 0.3) is 0 Å². The molecule has 0 heterocycles. The minimum atomic E-state index is -1.08. The fourth-order valence-corrected chi connectivity index (χ4v) is 0.327. The predicted molar refractivity (Wildman–Crippen MR) is 35.2 cm³/mol. The summed E-state index contributed by atoms with van der Waals surface area (Å²) in [5, 5.41) is 8.25. The molecular formula is C5H12N2O3. The van der Waals surface area contributed by atoms with Gasteiger partial charge in [-0.15, -0.1) is 0 Å². The lowest BCUT2D eigenvalue weighted by molar-refractivity contribution is -0.140. The van der Waals surface area contributed by atoms with E-state index in [-0.39, 0.29) is 6.61 Å². The molecule has 5 heteroatoms. The second-order valence-electron chi connectivity index (χ2n) is 1.98. The Labute approximate surface area is 58.9 Å². The van der Waals surface area contributed by atoms with Gasteiger partial charge in [-0.3, -0.25) is 4.79 Å². The number of ether oxygens (including phenoxy) is 1. The average molecular weight is 148 g/mol. The highest BCUT2D eigenvalue weighted by molar-refractivity contribution is 5.73. The molecule has 0 spiro atoms. The van der Waals surface area contributed by atoms with Crippen molar-refractivity contribution in [1.29, 1.82) is 0 Å². The molecule has 0 rings (SSSR count). The number of aliphatic carboxylic acids is 1. The number of carbonyl (C=O) groups is 1. The van der Waals surface area contributed by atoms with Gasteiger partial charge >= 0.3 is 5.97 Å². The largest absolute Gasteiger partial charge is 0.480 e. The Morgan fingerprint density at radius 3 is 2.50 bits per heavy atom. The Bertz CT molecular complexity index is 115. The first-order valence-corrected chi connectivity index (χ1v) is 2.89. The van der Waals surface area contributed by atoms with Crippen molar-refractivity contribution in [1.82, 2.24) is 0 Å². The van der Waals surface area contributed by atoms with Gasteiger partial charge in [0, 0.05) is 0 Å². The van der Waals surface area contributed by atoms with E-state index in [9.17, 15) is 4.79 Å². The third kappa shape index (κ3) is 4.25. The van der Waals surface area contributed by atoms with Crippen molar-refractivity contribution in [3.8, 4) is 0 Å². The molecular weight excluding hydrogens is 136 g/mol. The number of rotatable bonds is 4. The van der Waals surface area contributed by atoms with Crippen LogP contribution in [0.15, 0.2) is 0 Å². The molecule has 0 aliphatic heterocycles. The van der Waals surface area contributed by atoms with E-state index in [1.807, 2.05) is 0 Å². The second kappa shape index (κ2) is 4.21. The SMILES string of the molecule is CC(N)OC[C@H](N)C(=O)O. The van der Waals surface area contributed by atoms with Crippen molar-refractivity contribution in [3.05, 3.63) is 0 Å². The Morgan fingerprint density at radius 2 is 2.20 bits per heavy atom. The molecule has 1 unspecified atom stereocenters. The van der Waals surface area contributed by atoms with Gasteiger partial charge in [0.15, 0.2) is 0 Å². The summed E-state index contributed by atoms with van der Waals surface area (Å²) in [6, 6.07) is -0.981. The van der Waals surface area contributed by atoms with Crippen LogP contribution in [0.5, 0.6) is 0 Å². The zero-order valence-electron chi connectivity index (χ0n) is 5.78. The summed E-state index contributed by atoms with van der Waals surface area (Å²) >= 11 is 0. The lowest BCUT2D eigenvalue weighted by Crippen LogP contribution is -2.37. The molecule has 0 radical (unpaired) electrons. The lowest BCUT2D eigenvalue weighted by atomic mass is 10.3. The first-order chi connectivity index (χ1) is 4.54. The van der Waals surface area contributed by atoms with Gasteiger partial charge in [-0.2, -0.15) is 0 Å². The van der Waals surface area contributed by atoms with Crippen molar-refractivity contribution >= 4 is 5.97 Å². The van der Waals surface area contributed by atoms with Crippen LogP contribution in [0.1, 0.15) is 6.92 Å². The first-order valence-electron chi connectivity index (χ1n) is 2.89. The highest BCUT2D eigenvalue weighted by Gasteiger charge is 2.11. The Balaban J connectivity index is 3.40. The summed E-state index contributed by atoms with van der Waals surface area (Å²) in [7, 11) is 0. The molecule has 0 aliphatic rings. The van der Waals surface area contributed by atoms with Crippen LogP contribution in [-0.4, -0.2) is 30.0 Å². The highest BCUT2D eigenvalue weighted by Crippen LogP contribution is 1.84. The summed E-state index contributed by atoms with van der Waals surface area (Å²) in [5.41, 5.74) is 10.3. The molecule has 0 fully saturated rings. The van der Waals surface area contributed by atoms with Crippen LogP contribution in [-0.2, 0) is 9.53 Å². The maximum Gasteiger partial charge on any atom is 0.322 e. The lowest BCUT2D eigenvalue weighted by Gasteiger charge is -2.09. The predicted octanol–water partition coefficient (Wildman–Crippen LogP) is -1.28. The summed E-state index contributed by atoms with van der Waals surface area (Å²) in [4.78, 5) is 10.1. The van der Waals surface area contributed by atoms with Gasteiger partial charge in [0.1, 0.15) is 12.3 Å². The highest BCUT2D eigenvalue weighted by atomic mass is 16.5. The van der Waals surface area contributed by atoms with E-state index in [0.717, 1.165) is 0 Å². The summed E-state index contributed by atoms with van der Waals surface area (Å²) in [6.45, 7) is 1.56. The maximum atomic E-state index is 10.1. The van der Waals surface area contributed by atoms with Gasteiger partial charge in [-0.25, -0.2) is 0 Å². The van der Waals surface area contributed by atoms with E-state index in [1.54, 1.807) is 6.92 Å². The minimum Gasteiger partial charge on any atom is -0.480 e. The number of nitrogens with two attached hydrogens (primary N) is 2. The average Bonchev–Trinajstić information content (AvgIpc) is 1.82. The fourth-order valence-electron chi connectivity index (χ4n) is 0.327. The number of carboxylic acids is 1. The fraction of sp³-hybridized carbons (Fsp3) is 0.800. The summed E-state index contributed by atoms with van der Waals surface area (Å²) in [6.07, 6.45) is -0.467. The third-order valence-corrected chi connectivity index (χ3v) is 0.856. The van der Waals surface area contributed by atoms with Gasteiger partial charge in [0.2, 0.25) is 0 Å². The van der Waals surface area contributed by atoms with Crippen LogP contribution >= 0.6 is 0 Å². The van der Waals surface area contributed by atoms with Crippen LogP contribution in [0.2, 0.25) is 0 Å². The smallest absolute Gasteiger partial charge is 0.322 e. The molecule has 0 bridgehead atoms. The molecule has 0 amide bonds. The molecule has 0 aromatic heterocycles. The van der Waals surface area contributed by atoms with Crippen molar-refractivity contribution < 1.29 is 14.6 Å². The summed E-state index contributed by atoms with van der Waals surface area (Å²) < 4.78 is 4.74. The molecule has 0 saturated heterocycles. The standard InChI is InChI=1S/C5H12N2O3/c1-3(6)10-2-4(7)5(8)9/h3-4H,2,6-7H2,1H3,(H,8,9)/t3?,4-/m0/s1. The number of hydrogen-bond acceptors (Lipinski definition) is 4. The molecule has 5 N–H and O–H groups in total. The van der Waals surface area contributed by atoms with E-state index in [2.05, 4.69) is 0 Å². The molecule has 60 valence electrons. The van der Waals surface area contributed by atoms with E-state index >= 15 is 0 Å². The monoisotopic (exact) mass is 148 g/mol. The van der Waals surface area contributed by atoms with Gasteiger partial charge in [0.05, 0.1) is 6.61 Å². The van der Waals surface area contributed by atoms with Crippen molar-refractivity contribution in [2.24, 2.45) is 11.5 Å². The van der Waals surface area contributed by atoms with E-state index in [0.29, 0.717) is 0 Å². The first kappa shape index (κ1) is 9.35. The quantitative estimate of drug-likeness (QED) is 0.431. The molecule has 10 heavy (non-hydrogen) atoms.